The van der Waals surface area contributed by atoms with Crippen molar-refractivity contribution >= 4 is 17.8 Å². The second-order valence-electron chi connectivity index (χ2n) is 3.85. The van der Waals surface area contributed by atoms with Crippen LogP contribution in [0.3, 0.4) is 0 Å². The molecule has 0 aliphatic heterocycles. The number of hydrogen-bond donors (Lipinski definition) is 2. The molecule has 0 radical (unpaired) electrons. The number of hydrogen-bond acceptors (Lipinski definition) is 6. The standard InChI is InChI=1S/C11H10N6O4/c1-12-10(18)9-11(19)16(15-14-9)13-6-7-2-4-8(5-3-7)17(20)21/h2-6,15H,1H3,(H,12,18). The highest BCUT2D eigenvalue weighted by Crippen LogP contribution is 2.10. The number of benzene rings is 1. The van der Waals surface area contributed by atoms with Gasteiger partial charge in [-0.15, -0.1) is 9.89 Å². The van der Waals surface area contributed by atoms with Gasteiger partial charge in [0.25, 0.3) is 11.6 Å². The molecular weight excluding hydrogens is 280 g/mol. The van der Waals surface area contributed by atoms with Crippen LogP contribution in [0.15, 0.2) is 34.2 Å². The van der Waals surface area contributed by atoms with E-state index in [1.54, 1.807) is 0 Å². The Bertz CT molecular complexity index is 758. The molecule has 0 aliphatic rings. The van der Waals surface area contributed by atoms with E-state index < -0.39 is 16.4 Å². The maximum absolute atomic E-state index is 11.7. The number of nitrogens with zero attached hydrogens (tertiary/aromatic N) is 4. The van der Waals surface area contributed by atoms with Crippen LogP contribution in [-0.2, 0) is 0 Å². The van der Waals surface area contributed by atoms with E-state index in [1.807, 2.05) is 0 Å². The minimum atomic E-state index is -0.701. The number of H-pyrrole nitrogens is 1. The molecule has 2 N–H and O–H groups in total. The first-order chi connectivity index (χ1) is 10.0. The molecular formula is C11H10N6O4. The van der Waals surface area contributed by atoms with Crippen LogP contribution >= 0.6 is 0 Å². The lowest BCUT2D eigenvalue weighted by molar-refractivity contribution is -0.384. The van der Waals surface area contributed by atoms with E-state index in [0.717, 1.165) is 4.79 Å². The van der Waals surface area contributed by atoms with Gasteiger partial charge in [-0.3, -0.25) is 19.7 Å². The van der Waals surface area contributed by atoms with Crippen molar-refractivity contribution in [1.82, 2.24) is 20.4 Å². The lowest BCUT2D eigenvalue weighted by Crippen LogP contribution is -2.26. The van der Waals surface area contributed by atoms with Crippen LogP contribution in [0, 0.1) is 10.1 Å². The first-order valence-corrected chi connectivity index (χ1v) is 5.71. The number of carbonyl (C=O) groups excluding carboxylic acids is 1. The molecule has 0 unspecified atom stereocenters. The quantitative estimate of drug-likeness (QED) is 0.453. The van der Waals surface area contributed by atoms with Crippen molar-refractivity contribution in [1.29, 1.82) is 0 Å². The van der Waals surface area contributed by atoms with E-state index in [2.05, 4.69) is 20.7 Å². The molecule has 2 rings (SSSR count). The van der Waals surface area contributed by atoms with Gasteiger partial charge < -0.3 is 5.32 Å². The third kappa shape index (κ3) is 3.00. The van der Waals surface area contributed by atoms with Gasteiger partial charge in [0.1, 0.15) is 0 Å². The molecule has 108 valence electrons. The van der Waals surface area contributed by atoms with E-state index in [9.17, 15) is 19.7 Å². The van der Waals surface area contributed by atoms with Crippen molar-refractivity contribution in [3.8, 4) is 0 Å². The van der Waals surface area contributed by atoms with Crippen LogP contribution in [0.4, 0.5) is 5.69 Å². The van der Waals surface area contributed by atoms with Crippen LogP contribution < -0.4 is 10.9 Å². The fourth-order valence-corrected chi connectivity index (χ4v) is 1.44. The largest absolute Gasteiger partial charge is 0.354 e. The van der Waals surface area contributed by atoms with E-state index >= 15 is 0 Å². The summed E-state index contributed by atoms with van der Waals surface area (Å²) in [4.78, 5) is 33.8. The van der Waals surface area contributed by atoms with Gasteiger partial charge in [-0.1, -0.05) is 0 Å². The summed E-state index contributed by atoms with van der Waals surface area (Å²) in [5.74, 6) is -0.625. The molecule has 1 amide bonds. The van der Waals surface area contributed by atoms with Crippen molar-refractivity contribution in [2.45, 2.75) is 0 Å². The zero-order chi connectivity index (χ0) is 15.4. The van der Waals surface area contributed by atoms with Crippen molar-refractivity contribution in [3.63, 3.8) is 0 Å². The number of non-ortho nitro benzene ring substituents is 1. The Morgan fingerprint density at radius 3 is 2.71 bits per heavy atom. The Hall–Kier alpha value is -3.30. The average Bonchev–Trinajstić information content (AvgIpc) is 2.86. The van der Waals surface area contributed by atoms with Gasteiger partial charge in [-0.25, -0.2) is 0 Å². The van der Waals surface area contributed by atoms with Gasteiger partial charge in [-0.05, 0) is 17.7 Å². The molecule has 10 nitrogen and oxygen atoms in total. The summed E-state index contributed by atoms with van der Waals surface area (Å²) in [5.41, 5.74) is -0.512. The molecule has 10 heteroatoms. The minimum absolute atomic E-state index is 0.0484. The number of aromatic nitrogens is 3. The molecule has 0 atom stereocenters. The highest BCUT2D eigenvalue weighted by molar-refractivity contribution is 5.91. The van der Waals surface area contributed by atoms with Crippen molar-refractivity contribution in [2.24, 2.45) is 5.10 Å². The molecule has 2 aromatic rings. The molecule has 1 aromatic carbocycles. The van der Waals surface area contributed by atoms with Gasteiger partial charge >= 0.3 is 5.56 Å². The van der Waals surface area contributed by atoms with Crippen LogP contribution in [0.2, 0.25) is 0 Å². The van der Waals surface area contributed by atoms with Crippen LogP contribution in [0.1, 0.15) is 16.1 Å². The zero-order valence-corrected chi connectivity index (χ0v) is 10.8. The minimum Gasteiger partial charge on any atom is -0.354 e. The Morgan fingerprint density at radius 2 is 2.14 bits per heavy atom. The Morgan fingerprint density at radius 1 is 1.48 bits per heavy atom. The van der Waals surface area contributed by atoms with Gasteiger partial charge in [0.2, 0.25) is 5.69 Å². The highest BCUT2D eigenvalue weighted by atomic mass is 16.6. The van der Waals surface area contributed by atoms with Crippen molar-refractivity contribution in [2.75, 3.05) is 7.05 Å². The van der Waals surface area contributed by atoms with E-state index in [4.69, 9.17) is 0 Å². The number of nitrogens with one attached hydrogen (secondary N) is 2. The first-order valence-electron chi connectivity index (χ1n) is 5.71. The van der Waals surface area contributed by atoms with E-state index in [0.29, 0.717) is 5.56 Å². The fourth-order valence-electron chi connectivity index (χ4n) is 1.44. The maximum atomic E-state index is 11.7. The Kier molecular flexibility index (Phi) is 3.88. The summed E-state index contributed by atoms with van der Waals surface area (Å²) in [6.07, 6.45) is 1.30. The summed E-state index contributed by atoms with van der Waals surface area (Å²) < 4.78 is 0. The van der Waals surface area contributed by atoms with Gasteiger partial charge in [0.15, 0.2) is 0 Å². The molecule has 0 spiro atoms. The Labute approximate surface area is 117 Å². The highest BCUT2D eigenvalue weighted by Gasteiger charge is 2.14. The smallest absolute Gasteiger partial charge is 0.320 e. The summed E-state index contributed by atoms with van der Waals surface area (Å²) in [7, 11) is 1.38. The summed E-state index contributed by atoms with van der Waals surface area (Å²) in [6.45, 7) is 0. The summed E-state index contributed by atoms with van der Waals surface area (Å²) in [5, 5.41) is 22.4. The summed E-state index contributed by atoms with van der Waals surface area (Å²) in [6, 6.07) is 5.57. The predicted octanol–water partition coefficient (Wildman–Crippen LogP) is -0.279. The normalized spacial score (nSPS) is 10.7. The van der Waals surface area contributed by atoms with Crippen LogP contribution in [0.5, 0.6) is 0 Å². The molecule has 0 bridgehead atoms. The first kappa shape index (κ1) is 14.1. The van der Waals surface area contributed by atoms with Crippen LogP contribution in [-0.4, -0.2) is 39.2 Å². The molecule has 1 heterocycles. The number of rotatable bonds is 4. The number of aromatic amines is 1. The second kappa shape index (κ2) is 5.77. The lowest BCUT2D eigenvalue weighted by Gasteiger charge is -1.93. The molecule has 0 saturated heterocycles. The van der Waals surface area contributed by atoms with Gasteiger partial charge in [0.05, 0.1) is 11.1 Å². The van der Waals surface area contributed by atoms with Gasteiger partial charge in [-0.2, -0.15) is 10.3 Å². The monoisotopic (exact) mass is 290 g/mol. The third-order valence-electron chi connectivity index (χ3n) is 2.52. The second-order valence-corrected chi connectivity index (χ2v) is 3.85. The molecule has 0 fully saturated rings. The van der Waals surface area contributed by atoms with Crippen molar-refractivity contribution in [3.05, 3.63) is 56.0 Å². The number of carbonyl (C=O) groups is 1. The van der Waals surface area contributed by atoms with Crippen LogP contribution in [0.25, 0.3) is 0 Å². The number of nitro groups is 1. The maximum Gasteiger partial charge on any atom is 0.320 e. The lowest BCUT2D eigenvalue weighted by atomic mass is 10.2. The fraction of sp³-hybridized carbons (Fsp3) is 0.0909. The zero-order valence-electron chi connectivity index (χ0n) is 10.8. The molecule has 1 aromatic heterocycles. The third-order valence-corrected chi connectivity index (χ3v) is 2.52. The number of amides is 1. The van der Waals surface area contributed by atoms with E-state index in [-0.39, 0.29) is 11.4 Å². The number of nitro benzene ring substituents is 1. The average molecular weight is 290 g/mol. The van der Waals surface area contributed by atoms with E-state index in [1.165, 1.54) is 37.5 Å². The predicted molar refractivity (Wildman–Crippen MR) is 72.3 cm³/mol. The molecule has 0 saturated carbocycles. The SMILES string of the molecule is CNC(=O)c1n[nH]n(N=Cc2ccc([N+](=O)[O-])cc2)c1=O. The van der Waals surface area contributed by atoms with Crippen molar-refractivity contribution < 1.29 is 9.72 Å². The van der Waals surface area contributed by atoms with Gasteiger partial charge in [0, 0.05) is 19.2 Å². The molecule has 21 heavy (non-hydrogen) atoms. The Balaban J connectivity index is 2.22. The summed E-state index contributed by atoms with van der Waals surface area (Å²) >= 11 is 0. The molecule has 0 aliphatic carbocycles. The topological polar surface area (TPSA) is 135 Å².